The second kappa shape index (κ2) is 6.18. The summed E-state index contributed by atoms with van der Waals surface area (Å²) in [5.74, 6) is -1.59. The molecule has 0 heterocycles. The number of hydrogen-bond donors (Lipinski definition) is 1. The summed E-state index contributed by atoms with van der Waals surface area (Å²) in [6.45, 7) is 2.62. The van der Waals surface area contributed by atoms with Gasteiger partial charge in [0.05, 0.1) is 0 Å². The molecule has 0 fully saturated rings. The fourth-order valence-corrected chi connectivity index (χ4v) is 1.89. The van der Waals surface area contributed by atoms with Crippen molar-refractivity contribution in [2.75, 3.05) is 5.33 Å². The molecule has 1 atom stereocenters. The van der Waals surface area contributed by atoms with Crippen molar-refractivity contribution in [2.24, 2.45) is 0 Å². The fraction of sp³-hybridized carbons (Fsp3) is 0.455. The van der Waals surface area contributed by atoms with Crippen LogP contribution in [-0.2, 0) is 6.54 Å². The molecule has 0 aliphatic heterocycles. The molecule has 1 rings (SSSR count). The minimum Gasteiger partial charge on any atom is -0.310 e. The summed E-state index contributed by atoms with van der Waals surface area (Å²) in [5, 5.41) is 4.16. The monoisotopic (exact) mass is 277 g/mol. The average Bonchev–Trinajstić information content (AvgIpc) is 2.20. The third kappa shape index (κ3) is 4.26. The lowest BCUT2D eigenvalue weighted by atomic mass is 10.2. The van der Waals surface area contributed by atoms with Gasteiger partial charge in [-0.15, -0.1) is 0 Å². The molecule has 84 valence electrons. The van der Waals surface area contributed by atoms with E-state index in [0.29, 0.717) is 12.6 Å². The summed E-state index contributed by atoms with van der Waals surface area (Å²) in [6.07, 6.45) is 1.00. The van der Waals surface area contributed by atoms with Gasteiger partial charge in [0.2, 0.25) is 0 Å². The fourth-order valence-electron chi connectivity index (χ4n) is 1.21. The molecule has 15 heavy (non-hydrogen) atoms. The lowest BCUT2D eigenvalue weighted by molar-refractivity contribution is 0.501. The van der Waals surface area contributed by atoms with Crippen molar-refractivity contribution in [3.8, 4) is 0 Å². The van der Waals surface area contributed by atoms with Crippen molar-refractivity contribution in [3.05, 3.63) is 35.4 Å². The largest absolute Gasteiger partial charge is 0.310 e. The second-order valence-corrected chi connectivity index (χ2v) is 4.30. The van der Waals surface area contributed by atoms with Crippen LogP contribution in [-0.4, -0.2) is 11.4 Å². The van der Waals surface area contributed by atoms with Crippen molar-refractivity contribution in [3.63, 3.8) is 0 Å². The first-order valence-corrected chi connectivity index (χ1v) is 5.99. The van der Waals surface area contributed by atoms with Crippen molar-refractivity contribution >= 4 is 15.9 Å². The van der Waals surface area contributed by atoms with Crippen LogP contribution in [0, 0.1) is 11.6 Å². The Morgan fingerprint density at radius 3 is 2.67 bits per heavy atom. The highest BCUT2D eigenvalue weighted by atomic mass is 79.9. The first-order chi connectivity index (χ1) is 7.13. The molecule has 0 aliphatic carbocycles. The van der Waals surface area contributed by atoms with Gasteiger partial charge in [0.25, 0.3) is 0 Å². The third-order valence-corrected chi connectivity index (χ3v) is 2.64. The van der Waals surface area contributed by atoms with E-state index in [1.807, 2.05) is 0 Å². The lowest BCUT2D eigenvalue weighted by Gasteiger charge is -2.12. The molecule has 0 spiro atoms. The molecule has 1 N–H and O–H groups in total. The topological polar surface area (TPSA) is 12.0 Å². The van der Waals surface area contributed by atoms with Crippen LogP contribution in [0.2, 0.25) is 0 Å². The first-order valence-electron chi connectivity index (χ1n) is 4.86. The van der Waals surface area contributed by atoms with Crippen molar-refractivity contribution < 1.29 is 8.78 Å². The maximum absolute atomic E-state index is 12.8. The van der Waals surface area contributed by atoms with Crippen molar-refractivity contribution in [1.29, 1.82) is 0 Å². The Morgan fingerprint density at radius 1 is 1.33 bits per heavy atom. The standard InChI is InChI=1S/C11H14BrF2N/c1-8(4-5-12)15-7-9-2-3-10(13)11(14)6-9/h2-3,6,8,15H,4-5,7H2,1H3. The smallest absolute Gasteiger partial charge is 0.159 e. The summed E-state index contributed by atoms with van der Waals surface area (Å²) < 4.78 is 25.5. The lowest BCUT2D eigenvalue weighted by Crippen LogP contribution is -2.25. The van der Waals surface area contributed by atoms with Crippen LogP contribution in [0.5, 0.6) is 0 Å². The molecule has 0 bridgehead atoms. The molecule has 0 amide bonds. The van der Waals surface area contributed by atoms with E-state index in [9.17, 15) is 8.78 Å². The van der Waals surface area contributed by atoms with Gasteiger partial charge < -0.3 is 5.32 Å². The predicted octanol–water partition coefficient (Wildman–Crippen LogP) is 3.23. The van der Waals surface area contributed by atoms with Gasteiger partial charge in [-0.1, -0.05) is 22.0 Å². The van der Waals surface area contributed by atoms with Gasteiger partial charge in [-0.25, -0.2) is 8.78 Å². The number of benzene rings is 1. The zero-order valence-corrected chi connectivity index (χ0v) is 10.2. The summed E-state index contributed by atoms with van der Waals surface area (Å²) >= 11 is 3.35. The van der Waals surface area contributed by atoms with Crippen LogP contribution in [0.15, 0.2) is 18.2 Å². The molecule has 0 saturated carbocycles. The van der Waals surface area contributed by atoms with Gasteiger partial charge >= 0.3 is 0 Å². The quantitative estimate of drug-likeness (QED) is 0.815. The maximum Gasteiger partial charge on any atom is 0.159 e. The maximum atomic E-state index is 12.8. The Bertz CT molecular complexity index is 317. The van der Waals surface area contributed by atoms with Gasteiger partial charge in [0.15, 0.2) is 11.6 Å². The second-order valence-electron chi connectivity index (χ2n) is 3.51. The molecule has 1 aromatic rings. The highest BCUT2D eigenvalue weighted by Crippen LogP contribution is 2.08. The van der Waals surface area contributed by atoms with E-state index in [2.05, 4.69) is 28.2 Å². The summed E-state index contributed by atoms with van der Waals surface area (Å²) in [5.41, 5.74) is 0.760. The molecule has 1 nitrogen and oxygen atoms in total. The SMILES string of the molecule is CC(CCBr)NCc1ccc(F)c(F)c1. The molecule has 1 aromatic carbocycles. The zero-order chi connectivity index (χ0) is 11.3. The van der Waals surface area contributed by atoms with Gasteiger partial charge in [0, 0.05) is 17.9 Å². The zero-order valence-electron chi connectivity index (χ0n) is 8.56. The Balaban J connectivity index is 2.47. The van der Waals surface area contributed by atoms with E-state index in [4.69, 9.17) is 0 Å². The highest BCUT2D eigenvalue weighted by Gasteiger charge is 2.04. The number of hydrogen-bond acceptors (Lipinski definition) is 1. The molecule has 4 heteroatoms. The van der Waals surface area contributed by atoms with Crippen LogP contribution in [0.25, 0.3) is 0 Å². The van der Waals surface area contributed by atoms with Crippen LogP contribution in [0.1, 0.15) is 18.9 Å². The van der Waals surface area contributed by atoms with Crippen LogP contribution in [0.4, 0.5) is 8.78 Å². The molecule has 0 aromatic heterocycles. The van der Waals surface area contributed by atoms with Crippen LogP contribution < -0.4 is 5.32 Å². The van der Waals surface area contributed by atoms with E-state index in [0.717, 1.165) is 23.4 Å². The van der Waals surface area contributed by atoms with Gasteiger partial charge in [-0.3, -0.25) is 0 Å². The van der Waals surface area contributed by atoms with E-state index in [1.165, 1.54) is 6.07 Å². The average molecular weight is 278 g/mol. The normalized spacial score (nSPS) is 12.8. The summed E-state index contributed by atoms with van der Waals surface area (Å²) in [7, 11) is 0. The summed E-state index contributed by atoms with van der Waals surface area (Å²) in [6, 6.07) is 4.33. The van der Waals surface area contributed by atoms with Gasteiger partial charge in [0.1, 0.15) is 0 Å². The Kier molecular flexibility index (Phi) is 5.19. The minimum absolute atomic E-state index is 0.359. The number of rotatable bonds is 5. The number of alkyl halides is 1. The molecule has 0 aliphatic rings. The molecule has 0 saturated heterocycles. The van der Waals surface area contributed by atoms with Gasteiger partial charge in [-0.2, -0.15) is 0 Å². The van der Waals surface area contributed by atoms with Crippen molar-refractivity contribution in [2.45, 2.75) is 25.9 Å². The van der Waals surface area contributed by atoms with E-state index in [1.54, 1.807) is 6.07 Å². The molecule has 1 unspecified atom stereocenters. The number of nitrogens with one attached hydrogen (secondary N) is 1. The van der Waals surface area contributed by atoms with Crippen LogP contribution in [0.3, 0.4) is 0 Å². The molecule has 0 radical (unpaired) electrons. The van der Waals surface area contributed by atoms with Crippen molar-refractivity contribution in [1.82, 2.24) is 5.32 Å². The first kappa shape index (κ1) is 12.6. The van der Waals surface area contributed by atoms with E-state index in [-0.39, 0.29) is 0 Å². The predicted molar refractivity (Wildman–Crippen MR) is 61.1 cm³/mol. The summed E-state index contributed by atoms with van der Waals surface area (Å²) in [4.78, 5) is 0. The number of halogens is 3. The van der Waals surface area contributed by atoms with E-state index < -0.39 is 11.6 Å². The minimum atomic E-state index is -0.799. The molecular weight excluding hydrogens is 264 g/mol. The van der Waals surface area contributed by atoms with E-state index >= 15 is 0 Å². The highest BCUT2D eigenvalue weighted by molar-refractivity contribution is 9.09. The Hall–Kier alpha value is -0.480. The van der Waals surface area contributed by atoms with Gasteiger partial charge in [-0.05, 0) is 31.0 Å². The third-order valence-electron chi connectivity index (χ3n) is 2.18. The molecular formula is C11H14BrF2N. The van der Waals surface area contributed by atoms with Crippen LogP contribution >= 0.6 is 15.9 Å². The Labute approximate surface area is 97.0 Å². The Morgan fingerprint density at radius 2 is 2.07 bits per heavy atom.